The highest BCUT2D eigenvalue weighted by molar-refractivity contribution is 7.99. The smallest absolute Gasteiger partial charge is 0.321 e. The molecule has 1 N–H and O–H groups in total. The van der Waals surface area contributed by atoms with Crippen LogP contribution in [-0.2, 0) is 4.79 Å². The number of thioether (sulfide) groups is 1. The number of carbonyl (C=O) groups excluding carboxylic acids is 1. The third kappa shape index (κ3) is 4.21. The average molecular weight is 391 g/mol. The predicted molar refractivity (Wildman–Crippen MR) is 101 cm³/mol. The molecule has 0 aliphatic carbocycles. The molecule has 1 aromatic heterocycles. The van der Waals surface area contributed by atoms with Gasteiger partial charge in [0.05, 0.1) is 29.9 Å². The quantitative estimate of drug-likeness (QED) is 0.606. The van der Waals surface area contributed by atoms with E-state index in [1.807, 2.05) is 31.2 Å². The largest absolute Gasteiger partial charge is 0.496 e. The van der Waals surface area contributed by atoms with Crippen LogP contribution in [0.25, 0.3) is 11.0 Å². The van der Waals surface area contributed by atoms with Crippen LogP contribution >= 0.6 is 11.8 Å². The number of imidazole rings is 1. The molecule has 1 heterocycles. The molecule has 1 amide bonds. The minimum atomic E-state index is -2.73. The van der Waals surface area contributed by atoms with Gasteiger partial charge in [-0.25, -0.2) is 4.98 Å². The maximum atomic E-state index is 13.4. The monoisotopic (exact) mass is 391 g/mol. The summed E-state index contributed by atoms with van der Waals surface area (Å²) in [6, 6.07) is 13.8. The zero-order valence-corrected chi connectivity index (χ0v) is 15.7. The van der Waals surface area contributed by atoms with Crippen molar-refractivity contribution in [2.75, 3.05) is 12.9 Å². The van der Waals surface area contributed by atoms with Crippen molar-refractivity contribution in [1.82, 2.24) is 14.9 Å². The molecule has 3 rings (SSSR count). The van der Waals surface area contributed by atoms with Gasteiger partial charge in [-0.1, -0.05) is 42.1 Å². The minimum Gasteiger partial charge on any atom is -0.496 e. The Balaban J connectivity index is 1.69. The number of hydrogen-bond acceptors (Lipinski definition) is 4. The van der Waals surface area contributed by atoms with E-state index in [9.17, 15) is 13.6 Å². The van der Waals surface area contributed by atoms with Gasteiger partial charge in [-0.05, 0) is 25.1 Å². The summed E-state index contributed by atoms with van der Waals surface area (Å²) in [5.41, 5.74) is 1.67. The van der Waals surface area contributed by atoms with Crippen molar-refractivity contribution < 1.29 is 18.3 Å². The van der Waals surface area contributed by atoms with Crippen molar-refractivity contribution in [1.29, 1.82) is 0 Å². The molecular formula is C19H19F2N3O2S. The van der Waals surface area contributed by atoms with Crippen molar-refractivity contribution in [3.05, 3.63) is 54.1 Å². The molecule has 0 radical (unpaired) electrons. The fourth-order valence-corrected chi connectivity index (χ4v) is 3.65. The third-order valence-corrected chi connectivity index (χ3v) is 5.03. The molecular weight excluding hydrogens is 372 g/mol. The van der Waals surface area contributed by atoms with E-state index in [-0.39, 0.29) is 22.9 Å². The first-order valence-corrected chi connectivity index (χ1v) is 9.30. The van der Waals surface area contributed by atoms with Crippen LogP contribution in [0.3, 0.4) is 0 Å². The molecule has 0 spiro atoms. The minimum absolute atomic E-state index is 0.0183. The Morgan fingerprint density at radius 3 is 2.67 bits per heavy atom. The molecule has 0 aliphatic rings. The van der Waals surface area contributed by atoms with Crippen molar-refractivity contribution in [2.45, 2.75) is 24.7 Å². The summed E-state index contributed by atoms with van der Waals surface area (Å²) in [4.78, 5) is 16.5. The number of amides is 1. The first-order valence-electron chi connectivity index (χ1n) is 8.31. The van der Waals surface area contributed by atoms with Gasteiger partial charge in [0.25, 0.3) is 0 Å². The van der Waals surface area contributed by atoms with E-state index >= 15 is 0 Å². The van der Waals surface area contributed by atoms with Gasteiger partial charge in [0.15, 0.2) is 5.16 Å². The SMILES string of the molecule is COc1ccccc1C(C)NC(=O)CSc1nc2ccccc2n1C(F)F. The van der Waals surface area contributed by atoms with Gasteiger partial charge in [0.2, 0.25) is 5.91 Å². The first kappa shape index (κ1) is 19.2. The Labute approximate surface area is 159 Å². The number of hydrogen-bond donors (Lipinski definition) is 1. The number of para-hydroxylation sites is 3. The number of nitrogens with one attached hydrogen (secondary N) is 1. The summed E-state index contributed by atoms with van der Waals surface area (Å²) < 4.78 is 33.0. The zero-order chi connectivity index (χ0) is 19.4. The molecule has 142 valence electrons. The molecule has 8 heteroatoms. The second kappa shape index (κ2) is 8.39. The van der Waals surface area contributed by atoms with E-state index in [1.165, 1.54) is 0 Å². The summed E-state index contributed by atoms with van der Waals surface area (Å²) in [6.07, 6.45) is 0. The number of halogens is 2. The molecule has 1 unspecified atom stereocenters. The molecule has 2 aromatic carbocycles. The Morgan fingerprint density at radius 1 is 1.22 bits per heavy atom. The number of ether oxygens (including phenoxy) is 1. The number of aromatic nitrogens is 2. The highest BCUT2D eigenvalue weighted by Gasteiger charge is 2.19. The zero-order valence-electron chi connectivity index (χ0n) is 14.9. The molecule has 27 heavy (non-hydrogen) atoms. The Bertz CT molecular complexity index is 946. The van der Waals surface area contributed by atoms with E-state index < -0.39 is 6.55 Å². The maximum Gasteiger partial charge on any atom is 0.321 e. The van der Waals surface area contributed by atoms with Crippen LogP contribution in [0.1, 0.15) is 25.1 Å². The number of nitrogens with zero attached hydrogens (tertiary/aromatic N) is 2. The van der Waals surface area contributed by atoms with Crippen molar-refractivity contribution >= 4 is 28.7 Å². The summed E-state index contributed by atoms with van der Waals surface area (Å²) in [6.45, 7) is -0.884. The van der Waals surface area contributed by atoms with Crippen molar-refractivity contribution in [2.24, 2.45) is 0 Å². The number of rotatable bonds is 7. The average Bonchev–Trinajstić information content (AvgIpc) is 3.05. The topological polar surface area (TPSA) is 56.1 Å². The lowest BCUT2D eigenvalue weighted by atomic mass is 10.1. The molecule has 0 bridgehead atoms. The second-order valence-corrected chi connectivity index (χ2v) is 6.79. The molecule has 1 atom stereocenters. The van der Waals surface area contributed by atoms with Crippen LogP contribution < -0.4 is 10.1 Å². The molecule has 0 fully saturated rings. The van der Waals surface area contributed by atoms with Gasteiger partial charge >= 0.3 is 6.55 Å². The van der Waals surface area contributed by atoms with Crippen LogP contribution in [0.15, 0.2) is 53.7 Å². The van der Waals surface area contributed by atoms with Crippen LogP contribution in [0.5, 0.6) is 5.75 Å². The highest BCUT2D eigenvalue weighted by Crippen LogP contribution is 2.29. The molecule has 0 saturated carbocycles. The van der Waals surface area contributed by atoms with Crippen LogP contribution in [0.2, 0.25) is 0 Å². The third-order valence-electron chi connectivity index (χ3n) is 4.07. The second-order valence-electron chi connectivity index (χ2n) is 5.85. The van der Waals surface area contributed by atoms with Gasteiger partial charge in [-0.2, -0.15) is 8.78 Å². The summed E-state index contributed by atoms with van der Waals surface area (Å²) in [5, 5.41) is 2.98. The fraction of sp³-hybridized carbons (Fsp3) is 0.263. The first-order chi connectivity index (χ1) is 13.0. The summed E-state index contributed by atoms with van der Waals surface area (Å²) in [7, 11) is 1.57. The van der Waals surface area contributed by atoms with Crippen LogP contribution in [-0.4, -0.2) is 28.3 Å². The molecule has 3 aromatic rings. The lowest BCUT2D eigenvalue weighted by Gasteiger charge is -2.17. The maximum absolute atomic E-state index is 13.4. The lowest BCUT2D eigenvalue weighted by Crippen LogP contribution is -2.28. The normalized spacial score (nSPS) is 12.3. The summed E-state index contributed by atoms with van der Waals surface area (Å²) >= 11 is 0.985. The van der Waals surface area contributed by atoms with Gasteiger partial charge in [0, 0.05) is 5.56 Å². The van der Waals surface area contributed by atoms with E-state index in [0.29, 0.717) is 16.8 Å². The fourth-order valence-electron chi connectivity index (χ4n) is 2.83. The van der Waals surface area contributed by atoms with Gasteiger partial charge in [-0.3, -0.25) is 9.36 Å². The van der Waals surface area contributed by atoms with E-state index in [1.54, 1.807) is 31.4 Å². The lowest BCUT2D eigenvalue weighted by molar-refractivity contribution is -0.119. The van der Waals surface area contributed by atoms with Gasteiger partial charge < -0.3 is 10.1 Å². The highest BCUT2D eigenvalue weighted by atomic mass is 32.2. The Hall–Kier alpha value is -2.61. The molecule has 0 saturated heterocycles. The van der Waals surface area contributed by atoms with Crippen LogP contribution in [0, 0.1) is 0 Å². The number of alkyl halides is 2. The summed E-state index contributed by atoms with van der Waals surface area (Å²) in [5.74, 6) is 0.388. The van der Waals surface area contributed by atoms with Crippen molar-refractivity contribution in [3.8, 4) is 5.75 Å². The van der Waals surface area contributed by atoms with Gasteiger partial charge in [-0.15, -0.1) is 0 Å². The molecule has 5 nitrogen and oxygen atoms in total. The Morgan fingerprint density at radius 2 is 1.93 bits per heavy atom. The number of carbonyl (C=O) groups is 1. The van der Waals surface area contributed by atoms with Gasteiger partial charge in [0.1, 0.15) is 5.75 Å². The van der Waals surface area contributed by atoms with E-state index in [2.05, 4.69) is 10.3 Å². The van der Waals surface area contributed by atoms with E-state index in [0.717, 1.165) is 21.9 Å². The van der Waals surface area contributed by atoms with Crippen molar-refractivity contribution in [3.63, 3.8) is 0 Å². The standard InChI is InChI=1S/C19H19F2N3O2S/c1-12(13-7-3-6-10-16(13)26-2)22-17(25)11-27-19-23-14-8-4-5-9-15(14)24(19)18(20)21/h3-10,12,18H,11H2,1-2H3,(H,22,25). The number of benzene rings is 2. The number of methoxy groups -OCH3 is 1. The molecule has 0 aliphatic heterocycles. The Kier molecular flexibility index (Phi) is 5.95. The predicted octanol–water partition coefficient (Wildman–Crippen LogP) is 4.41. The number of fused-ring (bicyclic) bond motifs is 1. The van der Waals surface area contributed by atoms with Crippen LogP contribution in [0.4, 0.5) is 8.78 Å². The van der Waals surface area contributed by atoms with E-state index in [4.69, 9.17) is 4.74 Å².